The molecule has 0 radical (unpaired) electrons. The lowest BCUT2D eigenvalue weighted by Crippen LogP contribution is -2.23. The van der Waals surface area contributed by atoms with E-state index >= 15 is 0 Å². The SMILES string of the molecule is CCCCCCC[C@H]1CC[C@H](C2CC=C(CCc3ccc(C#N)c(F)c3)CC2)CC1. The third kappa shape index (κ3) is 6.97. The largest absolute Gasteiger partial charge is 0.206 e. The van der Waals surface area contributed by atoms with E-state index in [-0.39, 0.29) is 11.4 Å². The lowest BCUT2D eigenvalue weighted by molar-refractivity contribution is 0.185. The molecule has 0 amide bonds. The van der Waals surface area contributed by atoms with E-state index in [0.29, 0.717) is 0 Å². The fourth-order valence-corrected chi connectivity index (χ4v) is 5.66. The van der Waals surface area contributed by atoms with Crippen LogP contribution in [0.25, 0.3) is 0 Å². The van der Waals surface area contributed by atoms with Crippen LogP contribution in [0.5, 0.6) is 0 Å². The highest BCUT2D eigenvalue weighted by molar-refractivity contribution is 5.33. The van der Waals surface area contributed by atoms with E-state index < -0.39 is 0 Å². The molecule has 1 nitrogen and oxygen atoms in total. The van der Waals surface area contributed by atoms with Gasteiger partial charge < -0.3 is 0 Å². The zero-order valence-corrected chi connectivity index (χ0v) is 19.0. The predicted octanol–water partition coefficient (Wildman–Crippen LogP) is 8.52. The van der Waals surface area contributed by atoms with Crippen molar-refractivity contribution in [1.82, 2.24) is 0 Å². The Balaban J connectivity index is 1.35. The molecule has 0 heterocycles. The first-order chi connectivity index (χ1) is 14.7. The summed E-state index contributed by atoms with van der Waals surface area (Å²) in [5.41, 5.74) is 2.70. The third-order valence-electron chi connectivity index (χ3n) is 7.71. The highest BCUT2D eigenvalue weighted by Gasteiger charge is 2.28. The summed E-state index contributed by atoms with van der Waals surface area (Å²) < 4.78 is 13.8. The van der Waals surface area contributed by atoms with Crippen LogP contribution in [0.1, 0.15) is 108 Å². The molecule has 3 rings (SSSR count). The molecule has 2 heteroatoms. The molecule has 1 aromatic carbocycles. The molecule has 0 aromatic heterocycles. The standard InChI is InChI=1S/C28H40FN/c1-2-3-4-5-6-7-22-10-15-25(16-11-22)26-17-12-23(13-18-26)8-9-24-14-19-27(21-30)28(29)20-24/h12,14,19-20,22,25-26H,2-11,13,15-18H2,1H3/t22-,25-,26?. The number of unbranched alkanes of at least 4 members (excludes halogenated alkanes) is 4. The Labute approximate surface area is 183 Å². The maximum Gasteiger partial charge on any atom is 0.141 e. The van der Waals surface area contributed by atoms with Crippen LogP contribution in [-0.2, 0) is 6.42 Å². The maximum absolute atomic E-state index is 13.8. The number of hydrogen-bond donors (Lipinski definition) is 0. The van der Waals surface area contributed by atoms with Crippen LogP contribution in [0.4, 0.5) is 4.39 Å². The van der Waals surface area contributed by atoms with Crippen molar-refractivity contribution in [1.29, 1.82) is 5.26 Å². The summed E-state index contributed by atoms with van der Waals surface area (Å²) >= 11 is 0. The normalized spacial score (nSPS) is 24.3. The lowest BCUT2D eigenvalue weighted by atomic mass is 9.70. The van der Waals surface area contributed by atoms with Gasteiger partial charge in [0, 0.05) is 0 Å². The Bertz CT molecular complexity index is 721. The second kappa shape index (κ2) is 12.3. The van der Waals surface area contributed by atoms with Gasteiger partial charge >= 0.3 is 0 Å². The van der Waals surface area contributed by atoms with E-state index in [9.17, 15) is 4.39 Å². The molecule has 0 aliphatic heterocycles. The van der Waals surface area contributed by atoms with Crippen LogP contribution in [0.3, 0.4) is 0 Å². The molecule has 1 saturated carbocycles. The summed E-state index contributed by atoms with van der Waals surface area (Å²) in [7, 11) is 0. The second-order valence-corrected chi connectivity index (χ2v) is 9.81. The zero-order chi connectivity index (χ0) is 21.2. The molecular weight excluding hydrogens is 369 g/mol. The van der Waals surface area contributed by atoms with Crippen molar-refractivity contribution in [3.8, 4) is 6.07 Å². The Morgan fingerprint density at radius 1 is 0.967 bits per heavy atom. The van der Waals surface area contributed by atoms with Gasteiger partial charge in [0.15, 0.2) is 0 Å². The van der Waals surface area contributed by atoms with Gasteiger partial charge in [-0.3, -0.25) is 0 Å². The van der Waals surface area contributed by atoms with Crippen LogP contribution in [-0.4, -0.2) is 0 Å². The van der Waals surface area contributed by atoms with Crippen LogP contribution >= 0.6 is 0 Å². The predicted molar refractivity (Wildman–Crippen MR) is 124 cm³/mol. The fourth-order valence-electron chi connectivity index (χ4n) is 5.66. The number of hydrogen-bond acceptors (Lipinski definition) is 1. The van der Waals surface area contributed by atoms with Gasteiger partial charge in [0.2, 0.25) is 0 Å². The van der Waals surface area contributed by atoms with E-state index in [2.05, 4.69) is 13.0 Å². The minimum atomic E-state index is -0.385. The number of allylic oxidation sites excluding steroid dienone is 2. The minimum Gasteiger partial charge on any atom is -0.206 e. The molecule has 1 aromatic rings. The van der Waals surface area contributed by atoms with E-state index in [1.165, 1.54) is 89.5 Å². The van der Waals surface area contributed by atoms with Gasteiger partial charge in [-0.25, -0.2) is 4.39 Å². The minimum absolute atomic E-state index is 0.143. The summed E-state index contributed by atoms with van der Waals surface area (Å²) in [5, 5.41) is 8.86. The summed E-state index contributed by atoms with van der Waals surface area (Å²) in [5.74, 6) is 2.47. The van der Waals surface area contributed by atoms with Crippen LogP contribution in [0, 0.1) is 34.9 Å². The quantitative estimate of drug-likeness (QED) is 0.280. The van der Waals surface area contributed by atoms with Gasteiger partial charge in [0.25, 0.3) is 0 Å². The fraction of sp³-hybridized carbons (Fsp3) is 0.679. The topological polar surface area (TPSA) is 23.8 Å². The van der Waals surface area contributed by atoms with Crippen LogP contribution in [0.15, 0.2) is 29.8 Å². The van der Waals surface area contributed by atoms with E-state index in [1.807, 2.05) is 12.1 Å². The molecule has 1 unspecified atom stereocenters. The van der Waals surface area contributed by atoms with Gasteiger partial charge in [-0.1, -0.05) is 76.0 Å². The molecule has 0 N–H and O–H groups in total. The molecule has 1 fully saturated rings. The van der Waals surface area contributed by atoms with E-state index in [4.69, 9.17) is 5.26 Å². The van der Waals surface area contributed by atoms with Crippen molar-refractivity contribution in [3.05, 3.63) is 46.8 Å². The number of halogens is 1. The first-order valence-electron chi connectivity index (χ1n) is 12.6. The van der Waals surface area contributed by atoms with Gasteiger partial charge in [-0.05, 0) is 80.4 Å². The summed E-state index contributed by atoms with van der Waals surface area (Å²) in [6.07, 6.45) is 22.6. The van der Waals surface area contributed by atoms with Gasteiger partial charge in [-0.15, -0.1) is 0 Å². The highest BCUT2D eigenvalue weighted by atomic mass is 19.1. The van der Waals surface area contributed by atoms with Crippen molar-refractivity contribution < 1.29 is 4.39 Å². The monoisotopic (exact) mass is 409 g/mol. The number of nitriles is 1. The van der Waals surface area contributed by atoms with Crippen LogP contribution < -0.4 is 0 Å². The van der Waals surface area contributed by atoms with Crippen LogP contribution in [0.2, 0.25) is 0 Å². The van der Waals surface area contributed by atoms with Crippen molar-refractivity contribution in [2.45, 2.75) is 103 Å². The smallest absolute Gasteiger partial charge is 0.141 e. The number of rotatable bonds is 10. The first kappa shape index (κ1) is 23.1. The Morgan fingerprint density at radius 3 is 2.43 bits per heavy atom. The highest BCUT2D eigenvalue weighted by Crippen LogP contribution is 2.41. The Kier molecular flexibility index (Phi) is 9.44. The maximum atomic E-state index is 13.8. The van der Waals surface area contributed by atoms with E-state index in [0.717, 1.165) is 36.2 Å². The van der Waals surface area contributed by atoms with Crippen molar-refractivity contribution in [2.75, 3.05) is 0 Å². The second-order valence-electron chi connectivity index (χ2n) is 9.81. The molecule has 0 saturated heterocycles. The number of nitrogens with zero attached hydrogens (tertiary/aromatic N) is 1. The number of benzene rings is 1. The summed E-state index contributed by atoms with van der Waals surface area (Å²) in [4.78, 5) is 0. The molecule has 1 atom stereocenters. The average molecular weight is 410 g/mol. The van der Waals surface area contributed by atoms with Gasteiger partial charge in [-0.2, -0.15) is 5.26 Å². The van der Waals surface area contributed by atoms with Crippen molar-refractivity contribution in [3.63, 3.8) is 0 Å². The molecule has 0 bridgehead atoms. The summed E-state index contributed by atoms with van der Waals surface area (Å²) in [6, 6.07) is 6.94. The first-order valence-corrected chi connectivity index (χ1v) is 12.6. The van der Waals surface area contributed by atoms with Crippen molar-refractivity contribution in [2.24, 2.45) is 17.8 Å². The van der Waals surface area contributed by atoms with Gasteiger partial charge in [0.1, 0.15) is 11.9 Å². The molecular formula is C28H40FN. The van der Waals surface area contributed by atoms with Crippen molar-refractivity contribution >= 4 is 0 Å². The molecule has 0 spiro atoms. The van der Waals surface area contributed by atoms with E-state index in [1.54, 1.807) is 11.6 Å². The Hall–Kier alpha value is -1.62. The zero-order valence-electron chi connectivity index (χ0n) is 19.0. The third-order valence-corrected chi connectivity index (χ3v) is 7.71. The lowest BCUT2D eigenvalue weighted by Gasteiger charge is -2.35. The molecule has 2 aliphatic carbocycles. The average Bonchev–Trinajstić information content (AvgIpc) is 2.78. The Morgan fingerprint density at radius 2 is 1.77 bits per heavy atom. The molecule has 2 aliphatic rings. The summed E-state index contributed by atoms with van der Waals surface area (Å²) in [6.45, 7) is 2.29. The molecule has 164 valence electrons. The van der Waals surface area contributed by atoms with Gasteiger partial charge in [0.05, 0.1) is 5.56 Å². The molecule has 30 heavy (non-hydrogen) atoms. The number of aryl methyl sites for hydroxylation is 1.